The van der Waals surface area contributed by atoms with Crippen molar-refractivity contribution >= 4 is 11.6 Å². The van der Waals surface area contributed by atoms with Crippen LogP contribution >= 0.6 is 0 Å². The van der Waals surface area contributed by atoms with Gasteiger partial charge < -0.3 is 19.7 Å². The molecule has 10 nitrogen and oxygen atoms in total. The highest BCUT2D eigenvalue weighted by Gasteiger charge is 2.38. The normalized spacial score (nSPS) is 16.6. The highest BCUT2D eigenvalue weighted by Crippen LogP contribution is 2.44. The van der Waals surface area contributed by atoms with Crippen LogP contribution in [-0.4, -0.2) is 56.3 Å². The Morgan fingerprint density at radius 3 is 2.40 bits per heavy atom. The average Bonchev–Trinajstić information content (AvgIpc) is 3.40. The summed E-state index contributed by atoms with van der Waals surface area (Å²) >= 11 is 0. The Balaban J connectivity index is 1.34. The number of carbonyl (C=O) groups is 1. The van der Waals surface area contributed by atoms with Crippen LogP contribution in [0.2, 0.25) is 0 Å². The molecule has 1 atom stereocenters. The number of pyridine rings is 1. The van der Waals surface area contributed by atoms with E-state index in [0.29, 0.717) is 24.7 Å². The second-order valence-corrected chi connectivity index (χ2v) is 11.5. The third-order valence-corrected chi connectivity index (χ3v) is 8.83. The number of anilines is 1. The second kappa shape index (κ2) is 10.9. The third-order valence-electron chi connectivity index (χ3n) is 8.83. The Morgan fingerprint density at radius 1 is 1.02 bits per heavy atom. The highest BCUT2D eigenvalue weighted by molar-refractivity contribution is 6.04. The van der Waals surface area contributed by atoms with Gasteiger partial charge in [0.1, 0.15) is 5.56 Å². The van der Waals surface area contributed by atoms with Gasteiger partial charge in [0.25, 0.3) is 11.5 Å². The molecule has 0 saturated carbocycles. The number of aromatic nitrogens is 3. The maximum Gasteiger partial charge on any atom is 0.330 e. The molecule has 1 aliphatic carbocycles. The number of aliphatic hydroxyl groups is 1. The monoisotopic (exact) mass is 581 g/mol. The zero-order valence-electron chi connectivity index (χ0n) is 25.0. The number of nitrogens with one attached hydrogen (secondary N) is 1. The number of ether oxygens (including phenoxy) is 1. The van der Waals surface area contributed by atoms with Crippen molar-refractivity contribution in [3.8, 4) is 28.3 Å². The fourth-order valence-electron chi connectivity index (χ4n) is 6.40. The number of hydrogen-bond acceptors (Lipinski definition) is 7. The summed E-state index contributed by atoms with van der Waals surface area (Å²) < 4.78 is 7.94. The molecule has 0 radical (unpaired) electrons. The van der Waals surface area contributed by atoms with Gasteiger partial charge in [-0.2, -0.15) is 0 Å². The minimum Gasteiger partial charge on any atom is -0.481 e. The van der Waals surface area contributed by atoms with Crippen LogP contribution in [0.25, 0.3) is 22.4 Å². The molecule has 4 aromatic rings. The van der Waals surface area contributed by atoms with Gasteiger partial charge >= 0.3 is 5.69 Å². The first-order chi connectivity index (χ1) is 20.6. The van der Waals surface area contributed by atoms with Crippen molar-refractivity contribution in [3.63, 3.8) is 0 Å². The van der Waals surface area contributed by atoms with Crippen molar-refractivity contribution in [1.82, 2.24) is 19.0 Å². The number of amides is 1. The SMILES string of the molecule is COc1nc(-c2cccc(-c3cccc(NC(=O)c4cn(C)c(=O)n(C)c4=O)c3C)c2C)cc2c1[C@H](N1CC(O)C1)CC2. The molecule has 0 spiro atoms. The van der Waals surface area contributed by atoms with Crippen molar-refractivity contribution in [1.29, 1.82) is 0 Å². The summed E-state index contributed by atoms with van der Waals surface area (Å²) in [5, 5.41) is 12.7. The Hall–Kier alpha value is -4.54. The van der Waals surface area contributed by atoms with Gasteiger partial charge in [-0.25, -0.2) is 9.78 Å². The van der Waals surface area contributed by atoms with Gasteiger partial charge in [0.05, 0.1) is 18.9 Å². The lowest BCUT2D eigenvalue weighted by atomic mass is 9.91. The molecule has 0 unspecified atom stereocenters. The van der Waals surface area contributed by atoms with Crippen LogP contribution in [0.5, 0.6) is 5.88 Å². The van der Waals surface area contributed by atoms with E-state index in [9.17, 15) is 19.5 Å². The number of β-amino-alcohol motifs (C(OH)–C–C–N with tert-alkyl or cyclic N) is 1. The van der Waals surface area contributed by atoms with E-state index in [2.05, 4.69) is 29.3 Å². The number of carbonyl (C=O) groups excluding carboxylic acids is 1. The quantitative estimate of drug-likeness (QED) is 0.359. The fraction of sp³-hybridized carbons (Fsp3) is 0.333. The molecular formula is C33H35N5O5. The molecule has 1 fully saturated rings. The van der Waals surface area contributed by atoms with Crippen LogP contribution < -0.4 is 21.3 Å². The van der Waals surface area contributed by atoms with Gasteiger partial charge in [0.2, 0.25) is 5.88 Å². The molecule has 2 aromatic carbocycles. The van der Waals surface area contributed by atoms with E-state index >= 15 is 0 Å². The Labute approximate surface area is 249 Å². The lowest BCUT2D eigenvalue weighted by molar-refractivity contribution is -0.0256. The van der Waals surface area contributed by atoms with E-state index in [1.54, 1.807) is 13.2 Å². The van der Waals surface area contributed by atoms with E-state index < -0.39 is 17.2 Å². The number of rotatable bonds is 6. The molecule has 3 heterocycles. The molecule has 1 saturated heterocycles. The van der Waals surface area contributed by atoms with Crippen molar-refractivity contribution in [3.05, 3.63) is 97.3 Å². The summed E-state index contributed by atoms with van der Waals surface area (Å²) in [6.07, 6.45) is 2.91. The van der Waals surface area contributed by atoms with Crippen LogP contribution in [0.1, 0.15) is 45.1 Å². The van der Waals surface area contributed by atoms with Crippen molar-refractivity contribution in [2.45, 2.75) is 38.8 Å². The summed E-state index contributed by atoms with van der Waals surface area (Å²) in [5.74, 6) is 0.0500. The molecule has 1 amide bonds. The van der Waals surface area contributed by atoms with E-state index in [0.717, 1.165) is 56.5 Å². The molecule has 222 valence electrons. The molecule has 6 rings (SSSR count). The van der Waals surface area contributed by atoms with Crippen LogP contribution in [0.3, 0.4) is 0 Å². The minimum atomic E-state index is -0.649. The van der Waals surface area contributed by atoms with Crippen molar-refractivity contribution in [2.24, 2.45) is 14.1 Å². The highest BCUT2D eigenvalue weighted by atomic mass is 16.5. The average molecular weight is 582 g/mol. The smallest absolute Gasteiger partial charge is 0.330 e. The van der Waals surface area contributed by atoms with E-state index in [1.165, 1.54) is 30.4 Å². The lowest BCUT2D eigenvalue weighted by Gasteiger charge is -2.40. The van der Waals surface area contributed by atoms with Crippen LogP contribution in [0, 0.1) is 13.8 Å². The van der Waals surface area contributed by atoms with E-state index in [1.807, 2.05) is 31.2 Å². The molecule has 2 aliphatic rings. The van der Waals surface area contributed by atoms with Crippen LogP contribution in [0.4, 0.5) is 5.69 Å². The Bertz CT molecular complexity index is 1890. The maximum atomic E-state index is 13.1. The number of hydrogen-bond donors (Lipinski definition) is 2. The molecule has 0 bridgehead atoms. The topological polar surface area (TPSA) is 119 Å². The minimum absolute atomic E-state index is 0.114. The number of aryl methyl sites for hydroxylation is 2. The molecule has 43 heavy (non-hydrogen) atoms. The number of benzene rings is 2. The zero-order chi connectivity index (χ0) is 30.6. The van der Waals surface area contributed by atoms with Gasteiger partial charge in [0.15, 0.2) is 0 Å². The van der Waals surface area contributed by atoms with Gasteiger partial charge in [0, 0.05) is 56.2 Å². The molecule has 1 aliphatic heterocycles. The summed E-state index contributed by atoms with van der Waals surface area (Å²) in [5.41, 5.74) is 7.31. The summed E-state index contributed by atoms with van der Waals surface area (Å²) in [4.78, 5) is 45.1. The Morgan fingerprint density at radius 2 is 1.70 bits per heavy atom. The maximum absolute atomic E-state index is 13.1. The van der Waals surface area contributed by atoms with Gasteiger partial charge in [-0.05, 0) is 66.6 Å². The summed E-state index contributed by atoms with van der Waals surface area (Å²) in [7, 11) is 4.51. The van der Waals surface area contributed by atoms with Crippen LogP contribution in [0.15, 0.2) is 58.3 Å². The fourth-order valence-corrected chi connectivity index (χ4v) is 6.40. The predicted octanol–water partition coefficient (Wildman–Crippen LogP) is 3.35. The largest absolute Gasteiger partial charge is 0.481 e. The van der Waals surface area contributed by atoms with Crippen molar-refractivity contribution in [2.75, 3.05) is 25.5 Å². The number of fused-ring (bicyclic) bond motifs is 1. The zero-order valence-corrected chi connectivity index (χ0v) is 25.0. The first-order valence-electron chi connectivity index (χ1n) is 14.4. The van der Waals surface area contributed by atoms with E-state index in [4.69, 9.17) is 9.72 Å². The predicted molar refractivity (Wildman–Crippen MR) is 165 cm³/mol. The lowest BCUT2D eigenvalue weighted by Crippen LogP contribution is -2.51. The number of nitrogens with zero attached hydrogens (tertiary/aromatic N) is 4. The summed E-state index contributed by atoms with van der Waals surface area (Å²) in [6, 6.07) is 14.1. The first kappa shape index (κ1) is 28.6. The van der Waals surface area contributed by atoms with Crippen LogP contribution in [-0.2, 0) is 20.5 Å². The van der Waals surface area contributed by atoms with Crippen molar-refractivity contribution < 1.29 is 14.6 Å². The van der Waals surface area contributed by atoms with E-state index in [-0.39, 0.29) is 17.7 Å². The second-order valence-electron chi connectivity index (χ2n) is 11.5. The van der Waals surface area contributed by atoms with Gasteiger partial charge in [-0.3, -0.25) is 19.1 Å². The molecular weight excluding hydrogens is 546 g/mol. The molecule has 2 N–H and O–H groups in total. The molecule has 10 heteroatoms. The summed E-state index contributed by atoms with van der Waals surface area (Å²) in [6.45, 7) is 5.35. The number of likely N-dealkylation sites (tertiary alicyclic amines) is 1. The van der Waals surface area contributed by atoms with Gasteiger partial charge in [-0.1, -0.05) is 30.3 Å². The third kappa shape index (κ3) is 4.86. The number of methoxy groups -OCH3 is 1. The number of aliphatic hydroxyl groups excluding tert-OH is 1. The standard InChI is InChI=1S/C33H35N5O5/c1-18-22(23-9-7-11-26(19(23)2)34-30(40)25-17-36(3)33(42)37(4)32(25)41)8-6-10-24(18)27-14-20-12-13-28(38-15-21(39)16-38)29(20)31(35-27)43-5/h6-11,14,17,21,28,39H,12-13,15-16H2,1-5H3,(H,34,40)/t28-/m1/s1. The first-order valence-corrected chi connectivity index (χ1v) is 14.4. The van der Waals surface area contributed by atoms with Gasteiger partial charge in [-0.15, -0.1) is 0 Å². The molecule has 2 aromatic heterocycles. The Kier molecular flexibility index (Phi) is 7.27.